The Morgan fingerprint density at radius 3 is 1.83 bits per heavy atom. The van der Waals surface area contributed by atoms with Gasteiger partial charge in [-0.3, -0.25) is 4.79 Å². The molecule has 1 aliphatic rings. The predicted octanol–water partition coefficient (Wildman–Crippen LogP) is 7.31. The summed E-state index contributed by atoms with van der Waals surface area (Å²) in [5, 5.41) is 17.7. The van der Waals surface area contributed by atoms with Crippen LogP contribution in [-0.2, 0) is 15.7 Å². The van der Waals surface area contributed by atoms with E-state index in [2.05, 4.69) is 93.4 Å². The molecule has 36 heavy (non-hydrogen) atoms. The molecule has 1 amide bonds. The van der Waals surface area contributed by atoms with Gasteiger partial charge in [0.05, 0.1) is 11.2 Å². The van der Waals surface area contributed by atoms with E-state index in [1.165, 1.54) is 19.3 Å². The molecule has 0 aromatic carbocycles. The van der Waals surface area contributed by atoms with E-state index >= 15 is 0 Å². The van der Waals surface area contributed by atoms with Crippen LogP contribution in [-0.4, -0.2) is 51.1 Å². The maximum absolute atomic E-state index is 10.4. The third-order valence-electron chi connectivity index (χ3n) is 7.84. The number of hydrogen-bond acceptors (Lipinski definition) is 4. The Hall–Kier alpha value is -1.43. The van der Waals surface area contributed by atoms with E-state index in [0.717, 1.165) is 42.9 Å². The highest BCUT2D eigenvalue weighted by Gasteiger charge is 2.37. The van der Waals surface area contributed by atoms with Crippen molar-refractivity contribution in [3.63, 3.8) is 0 Å². The van der Waals surface area contributed by atoms with E-state index in [1.807, 2.05) is 29.6 Å². The molecule has 1 N–H and O–H groups in total. The Morgan fingerprint density at radius 2 is 1.50 bits per heavy atom. The quantitative estimate of drug-likeness (QED) is 0.390. The van der Waals surface area contributed by atoms with Crippen LogP contribution in [0.25, 0.3) is 0 Å². The number of amides is 1. The molecule has 0 radical (unpaired) electrons. The Balaban J connectivity index is 0. The highest BCUT2D eigenvalue weighted by Crippen LogP contribution is 2.40. The number of carbonyl (C=O) groups excluding carboxylic acids is 1. The van der Waals surface area contributed by atoms with Gasteiger partial charge >= 0.3 is 0 Å². The van der Waals surface area contributed by atoms with Crippen LogP contribution in [0, 0.1) is 23.2 Å². The molecule has 0 saturated carbocycles. The molecule has 1 fully saturated rings. The van der Waals surface area contributed by atoms with Gasteiger partial charge in [0, 0.05) is 31.3 Å². The summed E-state index contributed by atoms with van der Waals surface area (Å²) >= 11 is 0. The minimum absolute atomic E-state index is 0.0411. The molecule has 6 nitrogen and oxygen atoms in total. The number of nitrogens with zero attached hydrogens (tertiary/aromatic N) is 4. The molecule has 0 atom stereocenters. The Morgan fingerprint density at radius 1 is 1.03 bits per heavy atom. The summed E-state index contributed by atoms with van der Waals surface area (Å²) in [6.07, 6.45) is 7.34. The van der Waals surface area contributed by atoms with Crippen molar-refractivity contribution in [1.29, 1.82) is 0 Å². The largest absolute Gasteiger partial charge is 0.396 e. The lowest BCUT2D eigenvalue weighted by Crippen LogP contribution is -2.34. The van der Waals surface area contributed by atoms with Gasteiger partial charge < -0.3 is 10.0 Å². The molecular formula is C30H62N4O2. The number of hydrogen-bond donors (Lipinski definition) is 1. The first kappa shape index (κ1) is 36.7. The van der Waals surface area contributed by atoms with Crippen LogP contribution < -0.4 is 0 Å². The second-order valence-electron chi connectivity index (χ2n) is 12.7. The Bertz CT molecular complexity index is 679. The second kappa shape index (κ2) is 17.1. The molecule has 0 aliphatic carbocycles. The zero-order chi connectivity index (χ0) is 28.7. The van der Waals surface area contributed by atoms with Gasteiger partial charge in [-0.05, 0) is 56.3 Å². The smallest absolute Gasteiger partial charge is 0.209 e. The Kier molecular flexibility index (Phi) is 17.5. The van der Waals surface area contributed by atoms with Gasteiger partial charge in [-0.1, -0.05) is 94.7 Å². The molecule has 1 aromatic rings. The molecule has 1 aliphatic heterocycles. The monoisotopic (exact) mass is 510 g/mol. The summed E-state index contributed by atoms with van der Waals surface area (Å²) < 4.78 is 1.87. The van der Waals surface area contributed by atoms with E-state index < -0.39 is 0 Å². The average Bonchev–Trinajstić information content (AvgIpc) is 3.33. The molecule has 0 spiro atoms. The van der Waals surface area contributed by atoms with Crippen molar-refractivity contribution in [2.45, 2.75) is 134 Å². The number of rotatable bonds is 7. The van der Waals surface area contributed by atoms with Crippen molar-refractivity contribution in [1.82, 2.24) is 19.9 Å². The minimum atomic E-state index is -0.200. The summed E-state index contributed by atoms with van der Waals surface area (Å²) in [4.78, 5) is 12.2. The summed E-state index contributed by atoms with van der Waals surface area (Å²) in [6, 6.07) is 0. The van der Waals surface area contributed by atoms with Crippen molar-refractivity contribution in [2.75, 3.05) is 19.7 Å². The van der Waals surface area contributed by atoms with Crippen molar-refractivity contribution < 1.29 is 9.90 Å². The number of aliphatic hydroxyl groups excluding tert-OH is 1. The zero-order valence-electron chi connectivity index (χ0n) is 26.5. The van der Waals surface area contributed by atoms with Crippen LogP contribution in [0.1, 0.15) is 128 Å². The average molecular weight is 511 g/mol. The fourth-order valence-corrected chi connectivity index (χ4v) is 3.31. The standard InChI is InChI=1S/C14H27N3O.C9H17NO.C5H12.C2H6/c1-12(2,3)14(6,7)11-10-17(16-15-11)13(4,5)8-9-18;1-8(2)9-3-5-10(7-11)6-4-9;1-4-5(2)3;1-2/h10,18H,8-9H2,1-7H3;7-9H,3-6H2,1-2H3;5H,4H2,1-3H3;1-2H3. The third-order valence-corrected chi connectivity index (χ3v) is 7.84. The molecule has 6 heteroatoms. The molecule has 1 saturated heterocycles. The van der Waals surface area contributed by atoms with Gasteiger partial charge in [0.15, 0.2) is 0 Å². The van der Waals surface area contributed by atoms with Crippen molar-refractivity contribution in [3.05, 3.63) is 11.9 Å². The first-order valence-corrected chi connectivity index (χ1v) is 14.3. The van der Waals surface area contributed by atoms with E-state index in [9.17, 15) is 4.79 Å². The fourth-order valence-electron chi connectivity index (χ4n) is 3.31. The van der Waals surface area contributed by atoms with Crippen LogP contribution in [0.15, 0.2) is 6.20 Å². The number of aliphatic hydroxyl groups is 1. The lowest BCUT2D eigenvalue weighted by Gasteiger charge is -2.37. The van der Waals surface area contributed by atoms with Crippen LogP contribution in [0.4, 0.5) is 0 Å². The van der Waals surface area contributed by atoms with Gasteiger partial charge in [-0.25, -0.2) is 4.68 Å². The maximum Gasteiger partial charge on any atom is 0.209 e. The number of likely N-dealkylation sites (tertiary alicyclic amines) is 1. The SMILES string of the molecule is CC.CC(C)(CCO)n1cc(C(C)(C)C(C)(C)C)nn1.CC(C)C1CCN(C=O)CC1.CCC(C)C. The third kappa shape index (κ3) is 12.7. The number of carbonyl (C=O) groups is 1. The highest BCUT2D eigenvalue weighted by molar-refractivity contribution is 5.47. The lowest BCUT2D eigenvalue weighted by molar-refractivity contribution is -0.119. The van der Waals surface area contributed by atoms with E-state index in [1.54, 1.807) is 0 Å². The molecular weight excluding hydrogens is 448 g/mol. The Labute approximate surface area is 224 Å². The van der Waals surface area contributed by atoms with E-state index in [-0.39, 0.29) is 23.0 Å². The zero-order valence-corrected chi connectivity index (χ0v) is 26.5. The topological polar surface area (TPSA) is 71.2 Å². The van der Waals surface area contributed by atoms with Crippen LogP contribution in [0.3, 0.4) is 0 Å². The molecule has 0 unspecified atom stereocenters. The van der Waals surface area contributed by atoms with Crippen LogP contribution in [0.2, 0.25) is 0 Å². The van der Waals surface area contributed by atoms with E-state index in [4.69, 9.17) is 5.11 Å². The predicted molar refractivity (Wildman–Crippen MR) is 155 cm³/mol. The second-order valence-corrected chi connectivity index (χ2v) is 12.7. The molecule has 214 valence electrons. The van der Waals surface area contributed by atoms with Crippen molar-refractivity contribution in [3.8, 4) is 0 Å². The molecule has 0 bridgehead atoms. The van der Waals surface area contributed by atoms with Crippen LogP contribution >= 0.6 is 0 Å². The van der Waals surface area contributed by atoms with Gasteiger partial charge in [0.1, 0.15) is 0 Å². The summed E-state index contributed by atoms with van der Waals surface area (Å²) in [5.74, 6) is 2.50. The number of aromatic nitrogens is 3. The van der Waals surface area contributed by atoms with Gasteiger partial charge in [-0.15, -0.1) is 5.10 Å². The van der Waals surface area contributed by atoms with Crippen molar-refractivity contribution >= 4 is 6.41 Å². The summed E-state index contributed by atoms with van der Waals surface area (Å²) in [5.41, 5.74) is 0.879. The fraction of sp³-hybridized carbons (Fsp3) is 0.900. The normalized spacial score (nSPS) is 14.9. The molecule has 1 aromatic heterocycles. The molecule has 2 rings (SSSR count). The summed E-state index contributed by atoms with van der Waals surface area (Å²) in [6.45, 7) is 32.4. The molecule has 2 heterocycles. The van der Waals surface area contributed by atoms with Gasteiger partial charge in [0.25, 0.3) is 0 Å². The first-order valence-electron chi connectivity index (χ1n) is 14.3. The van der Waals surface area contributed by atoms with Gasteiger partial charge in [-0.2, -0.15) is 0 Å². The first-order chi connectivity index (χ1) is 16.5. The lowest BCUT2D eigenvalue weighted by atomic mass is 9.67. The highest BCUT2D eigenvalue weighted by atomic mass is 16.3. The minimum Gasteiger partial charge on any atom is -0.396 e. The summed E-state index contributed by atoms with van der Waals surface area (Å²) in [7, 11) is 0. The van der Waals surface area contributed by atoms with Gasteiger partial charge in [0.2, 0.25) is 6.41 Å². The number of piperidine rings is 1. The van der Waals surface area contributed by atoms with E-state index in [0.29, 0.717) is 6.42 Å². The van der Waals surface area contributed by atoms with Crippen LogP contribution in [0.5, 0.6) is 0 Å². The maximum atomic E-state index is 10.4. The van der Waals surface area contributed by atoms with Crippen molar-refractivity contribution in [2.24, 2.45) is 23.2 Å².